The van der Waals surface area contributed by atoms with Gasteiger partial charge in [0.05, 0.1) is 12.2 Å². The number of aliphatic imine (C=N–C) groups is 1. The zero-order valence-electron chi connectivity index (χ0n) is 14.2. The lowest BCUT2D eigenvalue weighted by atomic mass is 10.2. The normalized spacial score (nSPS) is 15.2. The maximum Gasteiger partial charge on any atom is 0.191 e. The van der Waals surface area contributed by atoms with Crippen LogP contribution in [-0.4, -0.2) is 24.0 Å². The number of hydrogen-bond acceptors (Lipinski definition) is 3. The van der Waals surface area contributed by atoms with Crippen molar-refractivity contribution in [3.05, 3.63) is 40.9 Å². The number of halogens is 1. The quantitative estimate of drug-likeness (QED) is 0.409. The first-order chi connectivity index (χ1) is 11.3. The predicted molar refractivity (Wildman–Crippen MR) is 113 cm³/mol. The Hall–Kier alpha value is -1.15. The highest BCUT2D eigenvalue weighted by atomic mass is 127. The van der Waals surface area contributed by atoms with Gasteiger partial charge in [-0.15, -0.1) is 35.3 Å². The summed E-state index contributed by atoms with van der Waals surface area (Å²) in [6, 6.07) is 10.9. The lowest BCUT2D eigenvalue weighted by Gasteiger charge is -2.16. The third-order valence-corrected chi connectivity index (χ3v) is 5.46. The van der Waals surface area contributed by atoms with Gasteiger partial charge in [-0.2, -0.15) is 0 Å². The standard InChI is InChI=1S/C18H24N4S.HI/c1-13-16(23-17(21-13)14-8-4-3-5-9-14)12-20-18(19-2)22-15-10-6-7-11-15;/h3-5,8-9,15H,6-7,10-12H2,1-2H3,(H2,19,20,22);1H. The van der Waals surface area contributed by atoms with E-state index in [2.05, 4.69) is 46.8 Å². The molecule has 0 spiro atoms. The molecule has 24 heavy (non-hydrogen) atoms. The third kappa shape index (κ3) is 4.92. The number of guanidine groups is 1. The van der Waals surface area contributed by atoms with Gasteiger partial charge in [0.2, 0.25) is 0 Å². The molecule has 1 aromatic heterocycles. The Morgan fingerprint density at radius 1 is 1.25 bits per heavy atom. The van der Waals surface area contributed by atoms with E-state index in [0.29, 0.717) is 6.04 Å². The minimum Gasteiger partial charge on any atom is -0.354 e. The van der Waals surface area contributed by atoms with Crippen LogP contribution in [0.15, 0.2) is 35.3 Å². The van der Waals surface area contributed by atoms with Crippen LogP contribution < -0.4 is 10.6 Å². The molecule has 2 N–H and O–H groups in total. The molecule has 0 aliphatic heterocycles. The Morgan fingerprint density at radius 2 is 1.96 bits per heavy atom. The Balaban J connectivity index is 0.00000208. The van der Waals surface area contributed by atoms with Gasteiger partial charge in [0.15, 0.2) is 5.96 Å². The molecule has 3 rings (SSSR count). The Morgan fingerprint density at radius 3 is 2.62 bits per heavy atom. The number of rotatable bonds is 4. The summed E-state index contributed by atoms with van der Waals surface area (Å²) in [5.74, 6) is 0.894. The van der Waals surface area contributed by atoms with Gasteiger partial charge in [0, 0.05) is 23.5 Å². The fourth-order valence-corrected chi connectivity index (χ4v) is 3.93. The first-order valence-corrected chi connectivity index (χ1v) is 9.07. The molecule has 0 radical (unpaired) electrons. The second kappa shape index (κ2) is 9.36. The van der Waals surface area contributed by atoms with Gasteiger partial charge < -0.3 is 10.6 Å². The molecule has 1 saturated carbocycles. The molecule has 1 heterocycles. The van der Waals surface area contributed by atoms with Crippen LogP contribution in [-0.2, 0) is 6.54 Å². The molecular weight excluding hydrogens is 431 g/mol. The van der Waals surface area contributed by atoms with Gasteiger partial charge >= 0.3 is 0 Å². The number of hydrogen-bond donors (Lipinski definition) is 2. The van der Waals surface area contributed by atoms with Gasteiger partial charge in [0.25, 0.3) is 0 Å². The molecule has 1 aliphatic carbocycles. The fourth-order valence-electron chi connectivity index (χ4n) is 2.92. The highest BCUT2D eigenvalue weighted by molar-refractivity contribution is 14.0. The number of nitrogens with zero attached hydrogens (tertiary/aromatic N) is 2. The molecule has 0 saturated heterocycles. The fraction of sp³-hybridized carbons (Fsp3) is 0.444. The maximum atomic E-state index is 4.71. The van der Waals surface area contributed by atoms with Crippen LogP contribution in [0.3, 0.4) is 0 Å². The number of aromatic nitrogens is 1. The number of thiazole rings is 1. The topological polar surface area (TPSA) is 49.3 Å². The van der Waals surface area contributed by atoms with Crippen molar-refractivity contribution in [3.8, 4) is 10.6 Å². The minimum absolute atomic E-state index is 0. The SMILES string of the molecule is CN=C(NCc1sc(-c2ccccc2)nc1C)NC1CCCC1.I. The summed E-state index contributed by atoms with van der Waals surface area (Å²) < 4.78 is 0. The van der Waals surface area contributed by atoms with Gasteiger partial charge in [0.1, 0.15) is 5.01 Å². The first-order valence-electron chi connectivity index (χ1n) is 8.25. The molecule has 0 bridgehead atoms. The molecule has 6 heteroatoms. The monoisotopic (exact) mass is 456 g/mol. The van der Waals surface area contributed by atoms with Crippen molar-refractivity contribution < 1.29 is 0 Å². The second-order valence-electron chi connectivity index (χ2n) is 5.95. The summed E-state index contributed by atoms with van der Waals surface area (Å²) >= 11 is 1.75. The van der Waals surface area contributed by atoms with Crippen molar-refractivity contribution >= 4 is 41.3 Å². The molecule has 1 fully saturated rings. The molecule has 1 aromatic carbocycles. The Labute approximate surface area is 165 Å². The largest absolute Gasteiger partial charge is 0.354 e. The van der Waals surface area contributed by atoms with Crippen LogP contribution in [0.4, 0.5) is 0 Å². The van der Waals surface area contributed by atoms with Gasteiger partial charge in [-0.3, -0.25) is 4.99 Å². The highest BCUT2D eigenvalue weighted by Gasteiger charge is 2.16. The van der Waals surface area contributed by atoms with E-state index in [1.165, 1.54) is 36.1 Å². The summed E-state index contributed by atoms with van der Waals surface area (Å²) in [5, 5.41) is 8.03. The summed E-state index contributed by atoms with van der Waals surface area (Å²) in [4.78, 5) is 10.3. The van der Waals surface area contributed by atoms with Crippen molar-refractivity contribution in [1.82, 2.24) is 15.6 Å². The van der Waals surface area contributed by atoms with E-state index in [1.54, 1.807) is 11.3 Å². The molecule has 0 atom stereocenters. The molecule has 4 nitrogen and oxygen atoms in total. The van der Waals surface area contributed by atoms with Crippen LogP contribution in [0, 0.1) is 6.92 Å². The van der Waals surface area contributed by atoms with E-state index in [0.717, 1.165) is 23.2 Å². The van der Waals surface area contributed by atoms with Crippen LogP contribution >= 0.6 is 35.3 Å². The first kappa shape index (κ1) is 19.2. The smallest absolute Gasteiger partial charge is 0.191 e. The Kier molecular flexibility index (Phi) is 7.48. The van der Waals surface area contributed by atoms with E-state index in [4.69, 9.17) is 4.98 Å². The van der Waals surface area contributed by atoms with Gasteiger partial charge in [-0.05, 0) is 19.8 Å². The van der Waals surface area contributed by atoms with Crippen LogP contribution in [0.1, 0.15) is 36.3 Å². The lowest BCUT2D eigenvalue weighted by molar-refractivity contribution is 0.614. The van der Waals surface area contributed by atoms with Crippen LogP contribution in [0.2, 0.25) is 0 Å². The molecule has 2 aromatic rings. The molecule has 1 aliphatic rings. The van der Waals surface area contributed by atoms with Gasteiger partial charge in [-0.25, -0.2) is 4.98 Å². The van der Waals surface area contributed by atoms with Crippen molar-refractivity contribution in [2.45, 2.75) is 45.2 Å². The number of nitrogens with one attached hydrogen (secondary N) is 2. The van der Waals surface area contributed by atoms with Crippen LogP contribution in [0.25, 0.3) is 10.6 Å². The van der Waals surface area contributed by atoms with Crippen LogP contribution in [0.5, 0.6) is 0 Å². The van der Waals surface area contributed by atoms with E-state index >= 15 is 0 Å². The van der Waals surface area contributed by atoms with Crippen molar-refractivity contribution in [3.63, 3.8) is 0 Å². The van der Waals surface area contributed by atoms with E-state index in [-0.39, 0.29) is 24.0 Å². The van der Waals surface area contributed by atoms with E-state index in [9.17, 15) is 0 Å². The highest BCUT2D eigenvalue weighted by Crippen LogP contribution is 2.27. The Bertz CT molecular complexity index is 663. The average molecular weight is 456 g/mol. The third-order valence-electron chi connectivity index (χ3n) is 4.25. The minimum atomic E-state index is 0. The average Bonchev–Trinajstić information content (AvgIpc) is 3.22. The summed E-state index contributed by atoms with van der Waals surface area (Å²) in [7, 11) is 1.83. The predicted octanol–water partition coefficient (Wildman–Crippen LogP) is 4.34. The summed E-state index contributed by atoms with van der Waals surface area (Å²) in [6.45, 7) is 2.84. The summed E-state index contributed by atoms with van der Waals surface area (Å²) in [5.41, 5.74) is 2.28. The number of aryl methyl sites for hydroxylation is 1. The molecule has 130 valence electrons. The second-order valence-corrected chi connectivity index (χ2v) is 7.03. The van der Waals surface area contributed by atoms with Crippen molar-refractivity contribution in [2.24, 2.45) is 4.99 Å². The summed E-state index contributed by atoms with van der Waals surface area (Å²) in [6.07, 6.45) is 5.14. The van der Waals surface area contributed by atoms with E-state index in [1.807, 2.05) is 13.1 Å². The maximum absolute atomic E-state index is 4.71. The lowest BCUT2D eigenvalue weighted by Crippen LogP contribution is -2.41. The van der Waals surface area contributed by atoms with E-state index < -0.39 is 0 Å². The van der Waals surface area contributed by atoms with Gasteiger partial charge in [-0.1, -0.05) is 43.2 Å². The molecule has 0 unspecified atom stereocenters. The molecular formula is C18H25IN4S. The van der Waals surface area contributed by atoms with Crippen molar-refractivity contribution in [1.29, 1.82) is 0 Å². The zero-order valence-corrected chi connectivity index (χ0v) is 17.4. The zero-order chi connectivity index (χ0) is 16.1. The van der Waals surface area contributed by atoms with Crippen molar-refractivity contribution in [2.75, 3.05) is 7.05 Å². The number of benzene rings is 1. The molecule has 0 amide bonds.